The fourth-order valence-corrected chi connectivity index (χ4v) is 3.15. The molecule has 4 aromatic rings. The lowest BCUT2D eigenvalue weighted by atomic mass is 10.0. The van der Waals surface area contributed by atoms with Gasteiger partial charge in [0.25, 0.3) is 0 Å². The van der Waals surface area contributed by atoms with Crippen molar-refractivity contribution in [2.24, 2.45) is 5.73 Å². The molecule has 2 aromatic carbocycles. The zero-order valence-corrected chi connectivity index (χ0v) is 17.2. The first-order valence-electron chi connectivity index (χ1n) is 9.74. The number of benzene rings is 2. The van der Waals surface area contributed by atoms with Crippen LogP contribution in [0.25, 0.3) is 22.0 Å². The summed E-state index contributed by atoms with van der Waals surface area (Å²) < 4.78 is 0. The zero-order chi connectivity index (χ0) is 21.3. The molecule has 2 heterocycles. The van der Waals surface area contributed by atoms with E-state index in [4.69, 9.17) is 4.79 Å². The molecule has 0 saturated heterocycles. The summed E-state index contributed by atoms with van der Waals surface area (Å²) >= 11 is 0. The Morgan fingerprint density at radius 3 is 2.47 bits per heavy atom. The van der Waals surface area contributed by atoms with Crippen LogP contribution < -0.4 is 11.1 Å². The number of nitrogens with two attached hydrogens (primary N) is 1. The molecule has 152 valence electrons. The minimum absolute atomic E-state index is 0.250. The summed E-state index contributed by atoms with van der Waals surface area (Å²) in [4.78, 5) is 22.0. The Bertz CT molecular complexity index is 1130. The molecule has 0 aliphatic heterocycles. The summed E-state index contributed by atoms with van der Waals surface area (Å²) in [6, 6.07) is 18.9. The first-order valence-corrected chi connectivity index (χ1v) is 9.74. The number of carbonyl (C=O) groups is 1. The molecule has 0 unspecified atom stereocenters. The third-order valence-corrected chi connectivity index (χ3v) is 4.86. The Morgan fingerprint density at radius 1 is 0.967 bits per heavy atom. The number of amides is 1. The quantitative estimate of drug-likeness (QED) is 0.494. The molecule has 0 aliphatic rings. The summed E-state index contributed by atoms with van der Waals surface area (Å²) in [7, 11) is 0. The fourth-order valence-electron chi connectivity index (χ4n) is 3.15. The first-order chi connectivity index (χ1) is 14.6. The number of fused-ring (bicyclic) bond motifs is 1. The normalized spacial score (nSPS) is 10.2. The number of hydrogen-bond acceptors (Lipinski definition) is 5. The minimum atomic E-state index is 0.250. The Morgan fingerprint density at radius 2 is 1.73 bits per heavy atom. The van der Waals surface area contributed by atoms with Gasteiger partial charge < -0.3 is 11.1 Å². The maximum absolute atomic E-state index is 8.58. The van der Waals surface area contributed by atoms with Gasteiger partial charge in [0.15, 0.2) is 0 Å². The Labute approximate surface area is 176 Å². The lowest BCUT2D eigenvalue weighted by Crippen LogP contribution is -2.07. The van der Waals surface area contributed by atoms with Gasteiger partial charge >= 0.3 is 0 Å². The van der Waals surface area contributed by atoms with Gasteiger partial charge in [-0.3, -0.25) is 9.78 Å². The highest BCUT2D eigenvalue weighted by Gasteiger charge is 2.07. The average Bonchev–Trinajstić information content (AvgIpc) is 2.77. The van der Waals surface area contributed by atoms with Crippen molar-refractivity contribution in [1.82, 2.24) is 15.0 Å². The van der Waals surface area contributed by atoms with Crippen molar-refractivity contribution >= 4 is 23.1 Å². The number of pyridine rings is 1. The summed E-state index contributed by atoms with van der Waals surface area (Å²) in [5.41, 5.74) is 10.9. The molecule has 30 heavy (non-hydrogen) atoms. The van der Waals surface area contributed by atoms with Crippen LogP contribution in [0.3, 0.4) is 0 Å². The van der Waals surface area contributed by atoms with Crippen molar-refractivity contribution < 1.29 is 4.79 Å². The molecule has 0 radical (unpaired) electrons. The van der Waals surface area contributed by atoms with E-state index in [9.17, 15) is 0 Å². The van der Waals surface area contributed by atoms with E-state index >= 15 is 0 Å². The van der Waals surface area contributed by atoms with E-state index in [0.717, 1.165) is 46.5 Å². The summed E-state index contributed by atoms with van der Waals surface area (Å²) in [5.74, 6) is 0.870. The predicted molar refractivity (Wildman–Crippen MR) is 121 cm³/mol. The Hall–Kier alpha value is -3.80. The molecule has 1 amide bonds. The Balaban J connectivity index is 0.000000806. The molecule has 6 heteroatoms. The van der Waals surface area contributed by atoms with Crippen LogP contribution in [0.1, 0.15) is 16.8 Å². The average molecular weight is 399 g/mol. The van der Waals surface area contributed by atoms with Crippen LogP contribution in [-0.4, -0.2) is 27.9 Å². The summed E-state index contributed by atoms with van der Waals surface area (Å²) in [5, 5.41) is 4.50. The number of nitrogens with one attached hydrogen (secondary N) is 1. The minimum Gasteiger partial charge on any atom is -0.372 e. The number of hydrogen-bond donors (Lipinski definition) is 2. The number of primary amides is 1. The van der Waals surface area contributed by atoms with E-state index < -0.39 is 0 Å². The molecule has 2 aromatic heterocycles. The van der Waals surface area contributed by atoms with Crippen molar-refractivity contribution in [3.63, 3.8) is 0 Å². The number of carbonyl (C=O) groups excluding carboxylic acids is 1. The number of nitrogens with zero attached hydrogens (tertiary/aromatic N) is 3. The molecule has 3 N–H and O–H groups in total. The van der Waals surface area contributed by atoms with Crippen LogP contribution >= 0.6 is 0 Å². The van der Waals surface area contributed by atoms with Crippen LogP contribution in [-0.2, 0) is 11.2 Å². The molecule has 0 saturated carbocycles. The van der Waals surface area contributed by atoms with Crippen LogP contribution in [0.15, 0.2) is 67.1 Å². The molecule has 6 nitrogen and oxygen atoms in total. The van der Waals surface area contributed by atoms with Gasteiger partial charge in [-0.1, -0.05) is 36.4 Å². The Kier molecular flexibility index (Phi) is 7.05. The van der Waals surface area contributed by atoms with Crippen molar-refractivity contribution in [2.75, 3.05) is 11.9 Å². The lowest BCUT2D eigenvalue weighted by molar-refractivity contribution is -0.106. The van der Waals surface area contributed by atoms with Gasteiger partial charge in [0.1, 0.15) is 12.1 Å². The van der Waals surface area contributed by atoms with Crippen molar-refractivity contribution in [1.29, 1.82) is 0 Å². The first kappa shape index (κ1) is 20.9. The molecule has 4 rings (SSSR count). The standard InChI is InChI=1S/C23H22N4.CH3NO/c1-16-12-20(14-25-17(16)2)19-8-9-22-21(13-19)23(27-15-26-22)24-11-10-18-6-4-3-5-7-18;2-1-3/h3-9,12-15H,10-11H2,1-2H3,(H,24,26,27);1H,(H2,2,3). The maximum Gasteiger partial charge on any atom is 0.204 e. The second-order valence-electron chi connectivity index (χ2n) is 6.88. The largest absolute Gasteiger partial charge is 0.372 e. The molecule has 0 fully saturated rings. The number of aromatic nitrogens is 3. The van der Waals surface area contributed by atoms with E-state index in [0.29, 0.717) is 0 Å². The van der Waals surface area contributed by atoms with E-state index in [1.165, 1.54) is 11.1 Å². The third-order valence-electron chi connectivity index (χ3n) is 4.86. The predicted octanol–water partition coefficient (Wildman–Crippen LogP) is 4.06. The van der Waals surface area contributed by atoms with E-state index in [1.807, 2.05) is 25.3 Å². The highest BCUT2D eigenvalue weighted by Crippen LogP contribution is 2.27. The van der Waals surface area contributed by atoms with Gasteiger partial charge in [-0.25, -0.2) is 9.97 Å². The molecule has 0 aliphatic carbocycles. The van der Waals surface area contributed by atoms with E-state index in [-0.39, 0.29) is 6.41 Å². The number of rotatable bonds is 5. The highest BCUT2D eigenvalue weighted by molar-refractivity contribution is 5.92. The summed E-state index contributed by atoms with van der Waals surface area (Å²) in [6.45, 7) is 4.94. The summed E-state index contributed by atoms with van der Waals surface area (Å²) in [6.07, 6.45) is 4.74. The van der Waals surface area contributed by atoms with Crippen LogP contribution in [0.5, 0.6) is 0 Å². The van der Waals surface area contributed by atoms with Crippen molar-refractivity contribution in [2.45, 2.75) is 20.3 Å². The van der Waals surface area contributed by atoms with Gasteiger partial charge in [0, 0.05) is 29.4 Å². The van der Waals surface area contributed by atoms with E-state index in [1.54, 1.807) is 6.33 Å². The third kappa shape index (κ3) is 5.17. The van der Waals surface area contributed by atoms with Gasteiger partial charge in [0.2, 0.25) is 6.41 Å². The van der Waals surface area contributed by atoms with Crippen LogP contribution in [0, 0.1) is 13.8 Å². The van der Waals surface area contributed by atoms with Gasteiger partial charge in [-0.2, -0.15) is 0 Å². The van der Waals surface area contributed by atoms with Crippen LogP contribution in [0.2, 0.25) is 0 Å². The fraction of sp³-hybridized carbons (Fsp3) is 0.167. The van der Waals surface area contributed by atoms with Crippen molar-refractivity contribution in [3.05, 3.63) is 83.9 Å². The van der Waals surface area contributed by atoms with Crippen LogP contribution in [0.4, 0.5) is 5.82 Å². The topological polar surface area (TPSA) is 93.8 Å². The molecule has 0 atom stereocenters. The second kappa shape index (κ2) is 10.1. The lowest BCUT2D eigenvalue weighted by Gasteiger charge is -2.10. The molecular weight excluding hydrogens is 374 g/mol. The maximum atomic E-state index is 8.58. The van der Waals surface area contributed by atoms with Gasteiger partial charge in [-0.05, 0) is 55.2 Å². The van der Waals surface area contributed by atoms with E-state index in [2.05, 4.69) is 75.4 Å². The number of anilines is 1. The van der Waals surface area contributed by atoms with Gasteiger partial charge in [-0.15, -0.1) is 0 Å². The SMILES string of the molecule is Cc1cc(-c2ccc3ncnc(NCCc4ccccc4)c3c2)cnc1C.NC=O. The smallest absolute Gasteiger partial charge is 0.204 e. The number of aryl methyl sites for hydroxylation is 2. The second-order valence-corrected chi connectivity index (χ2v) is 6.88. The molecule has 0 bridgehead atoms. The molecular formula is C24H25N5O. The monoisotopic (exact) mass is 399 g/mol. The highest BCUT2D eigenvalue weighted by atomic mass is 16.1. The zero-order valence-electron chi connectivity index (χ0n) is 17.2. The van der Waals surface area contributed by atoms with Crippen molar-refractivity contribution in [3.8, 4) is 11.1 Å². The van der Waals surface area contributed by atoms with Gasteiger partial charge in [0.05, 0.1) is 5.52 Å². The molecule has 0 spiro atoms.